The van der Waals surface area contributed by atoms with E-state index in [1.807, 2.05) is 0 Å². The van der Waals surface area contributed by atoms with Gasteiger partial charge < -0.3 is 0 Å². The van der Waals surface area contributed by atoms with Crippen LogP contribution in [-0.2, 0) is 12.3 Å². The van der Waals surface area contributed by atoms with E-state index in [-0.39, 0.29) is 12.2 Å². The highest BCUT2D eigenvalue weighted by Gasteiger charge is 2.09. The maximum atomic E-state index is 13.6. The highest BCUT2D eigenvalue weighted by atomic mass is 35.5. The number of halogens is 3. The van der Waals surface area contributed by atoms with E-state index in [0.717, 1.165) is 0 Å². The van der Waals surface area contributed by atoms with Crippen LogP contribution in [0, 0.1) is 5.82 Å². The van der Waals surface area contributed by atoms with Crippen molar-refractivity contribution in [2.24, 2.45) is 0 Å². The molecule has 0 spiro atoms. The first kappa shape index (κ1) is 12.3. The van der Waals surface area contributed by atoms with Crippen molar-refractivity contribution < 1.29 is 4.39 Å². The summed E-state index contributed by atoms with van der Waals surface area (Å²) in [6.45, 7) is 0. The van der Waals surface area contributed by atoms with Crippen LogP contribution in [0.25, 0.3) is 0 Å². The molecule has 0 unspecified atom stereocenters. The molecule has 0 aliphatic rings. The molecule has 2 nitrogen and oxygen atoms in total. The Balaban J connectivity index is 2.31. The number of aromatic nitrogens is 2. The quantitative estimate of drug-likeness (QED) is 0.797. The molecular formula is C12H9Cl2FN2. The number of hydrogen-bond acceptors (Lipinski definition) is 2. The fourth-order valence-electron chi connectivity index (χ4n) is 1.46. The molecule has 2 rings (SSSR count). The van der Waals surface area contributed by atoms with Gasteiger partial charge in [-0.3, -0.25) is 0 Å². The fraction of sp³-hybridized carbons (Fsp3) is 0.167. The van der Waals surface area contributed by atoms with Crippen LogP contribution in [0.2, 0.25) is 5.02 Å². The highest BCUT2D eigenvalue weighted by Crippen LogP contribution is 2.21. The number of nitrogens with zero attached hydrogens (tertiary/aromatic N) is 2. The summed E-state index contributed by atoms with van der Waals surface area (Å²) in [6.07, 6.45) is 1.87. The van der Waals surface area contributed by atoms with Crippen molar-refractivity contribution in [1.29, 1.82) is 0 Å². The molecular weight excluding hydrogens is 262 g/mol. The fourth-order valence-corrected chi connectivity index (χ4v) is 1.84. The van der Waals surface area contributed by atoms with Gasteiger partial charge >= 0.3 is 0 Å². The van der Waals surface area contributed by atoms with Crippen LogP contribution < -0.4 is 0 Å². The van der Waals surface area contributed by atoms with Gasteiger partial charge in [0.1, 0.15) is 11.6 Å². The lowest BCUT2D eigenvalue weighted by molar-refractivity contribution is 0.612. The van der Waals surface area contributed by atoms with E-state index in [0.29, 0.717) is 28.0 Å². The number of rotatable bonds is 3. The molecule has 0 amide bonds. The predicted octanol–water partition coefficient (Wildman–Crippen LogP) is 3.60. The van der Waals surface area contributed by atoms with Crippen LogP contribution in [0.15, 0.2) is 30.5 Å². The normalized spacial score (nSPS) is 10.5. The van der Waals surface area contributed by atoms with Crippen LogP contribution in [0.3, 0.4) is 0 Å². The molecule has 0 aliphatic carbocycles. The van der Waals surface area contributed by atoms with Crippen LogP contribution in [-0.4, -0.2) is 9.97 Å². The molecule has 0 radical (unpaired) electrons. The summed E-state index contributed by atoms with van der Waals surface area (Å²) in [5.74, 6) is 0.466. The van der Waals surface area contributed by atoms with E-state index >= 15 is 0 Å². The minimum Gasteiger partial charge on any atom is -0.241 e. The number of benzene rings is 1. The molecule has 0 saturated carbocycles. The Hall–Kier alpha value is -1.19. The van der Waals surface area contributed by atoms with Crippen molar-refractivity contribution in [3.8, 4) is 0 Å². The Morgan fingerprint density at radius 1 is 1.24 bits per heavy atom. The lowest BCUT2D eigenvalue weighted by atomic mass is 10.1. The third kappa shape index (κ3) is 2.93. The average molecular weight is 271 g/mol. The topological polar surface area (TPSA) is 25.8 Å². The first-order valence-corrected chi connectivity index (χ1v) is 5.91. The van der Waals surface area contributed by atoms with Gasteiger partial charge in [-0.05, 0) is 18.2 Å². The monoisotopic (exact) mass is 270 g/mol. The van der Waals surface area contributed by atoms with Gasteiger partial charge in [0.2, 0.25) is 0 Å². The molecule has 2 aromatic rings. The zero-order valence-electron chi connectivity index (χ0n) is 8.83. The number of alkyl halides is 1. The Morgan fingerprint density at radius 3 is 2.76 bits per heavy atom. The first-order valence-electron chi connectivity index (χ1n) is 5.00. The minimum atomic E-state index is -0.350. The lowest BCUT2D eigenvalue weighted by Gasteiger charge is -2.05. The SMILES string of the molecule is Fc1cccc(Cl)c1Cc1nccc(CCl)n1. The first-order chi connectivity index (χ1) is 8.20. The molecule has 0 bridgehead atoms. The second-order valence-electron chi connectivity index (χ2n) is 3.47. The van der Waals surface area contributed by atoms with Crippen LogP contribution in [0.4, 0.5) is 4.39 Å². The van der Waals surface area contributed by atoms with Crippen molar-refractivity contribution in [3.05, 3.63) is 58.4 Å². The Bertz CT molecular complexity index is 511. The summed E-state index contributed by atoms with van der Waals surface area (Å²) in [4.78, 5) is 8.27. The largest absolute Gasteiger partial charge is 0.241 e. The molecule has 17 heavy (non-hydrogen) atoms. The second-order valence-corrected chi connectivity index (χ2v) is 4.15. The molecule has 0 saturated heterocycles. The van der Waals surface area contributed by atoms with Crippen molar-refractivity contribution in [2.75, 3.05) is 0 Å². The molecule has 0 N–H and O–H groups in total. The minimum absolute atomic E-state index is 0.260. The summed E-state index contributed by atoms with van der Waals surface area (Å²) in [5.41, 5.74) is 1.12. The smallest absolute Gasteiger partial charge is 0.133 e. The van der Waals surface area contributed by atoms with Gasteiger partial charge in [-0.25, -0.2) is 14.4 Å². The van der Waals surface area contributed by atoms with Gasteiger partial charge in [0.25, 0.3) is 0 Å². The molecule has 1 heterocycles. The summed E-state index contributed by atoms with van der Waals surface area (Å²) in [6, 6.07) is 6.30. The van der Waals surface area contributed by atoms with Gasteiger partial charge in [0.15, 0.2) is 0 Å². The van der Waals surface area contributed by atoms with Crippen LogP contribution in [0.5, 0.6) is 0 Å². The summed E-state index contributed by atoms with van der Waals surface area (Å²) in [5, 5.41) is 0.380. The van der Waals surface area contributed by atoms with Gasteiger partial charge in [0, 0.05) is 23.2 Å². The Kier molecular flexibility index (Phi) is 3.92. The van der Waals surface area contributed by atoms with E-state index < -0.39 is 0 Å². The molecule has 88 valence electrons. The summed E-state index contributed by atoms with van der Waals surface area (Å²) in [7, 11) is 0. The molecule has 0 aliphatic heterocycles. The van der Waals surface area contributed by atoms with Crippen LogP contribution >= 0.6 is 23.2 Å². The van der Waals surface area contributed by atoms with E-state index in [2.05, 4.69) is 9.97 Å². The standard InChI is InChI=1S/C12H9Cl2FN2/c13-7-8-4-5-16-12(17-8)6-9-10(14)2-1-3-11(9)15/h1-5H,6-7H2. The molecule has 0 fully saturated rings. The predicted molar refractivity (Wildman–Crippen MR) is 65.8 cm³/mol. The average Bonchev–Trinajstić information content (AvgIpc) is 2.34. The van der Waals surface area contributed by atoms with Crippen LogP contribution in [0.1, 0.15) is 17.1 Å². The maximum absolute atomic E-state index is 13.6. The van der Waals surface area contributed by atoms with Crippen molar-refractivity contribution in [3.63, 3.8) is 0 Å². The zero-order valence-corrected chi connectivity index (χ0v) is 10.3. The van der Waals surface area contributed by atoms with Gasteiger partial charge in [0.05, 0.1) is 11.6 Å². The van der Waals surface area contributed by atoms with Gasteiger partial charge in [-0.1, -0.05) is 17.7 Å². The van der Waals surface area contributed by atoms with Crippen molar-refractivity contribution in [2.45, 2.75) is 12.3 Å². The van der Waals surface area contributed by atoms with E-state index in [1.54, 1.807) is 24.4 Å². The molecule has 0 atom stereocenters. The summed E-state index contributed by atoms with van der Waals surface area (Å²) >= 11 is 11.6. The Morgan fingerprint density at radius 2 is 2.06 bits per heavy atom. The molecule has 1 aromatic heterocycles. The van der Waals surface area contributed by atoms with Crippen molar-refractivity contribution >= 4 is 23.2 Å². The van der Waals surface area contributed by atoms with Gasteiger partial charge in [-0.15, -0.1) is 11.6 Å². The van der Waals surface area contributed by atoms with E-state index in [4.69, 9.17) is 23.2 Å². The number of hydrogen-bond donors (Lipinski definition) is 0. The van der Waals surface area contributed by atoms with Gasteiger partial charge in [-0.2, -0.15) is 0 Å². The van der Waals surface area contributed by atoms with Crippen molar-refractivity contribution in [1.82, 2.24) is 9.97 Å². The third-order valence-electron chi connectivity index (χ3n) is 2.30. The zero-order chi connectivity index (χ0) is 12.3. The molecule has 5 heteroatoms. The van der Waals surface area contributed by atoms with E-state index in [9.17, 15) is 4.39 Å². The highest BCUT2D eigenvalue weighted by molar-refractivity contribution is 6.31. The second kappa shape index (κ2) is 5.43. The molecule has 1 aromatic carbocycles. The lowest BCUT2D eigenvalue weighted by Crippen LogP contribution is -2.01. The third-order valence-corrected chi connectivity index (χ3v) is 2.92. The van der Waals surface area contributed by atoms with E-state index in [1.165, 1.54) is 6.07 Å². The summed E-state index contributed by atoms with van der Waals surface area (Å²) < 4.78 is 13.6. The maximum Gasteiger partial charge on any atom is 0.133 e. The Labute approximate surface area is 108 Å².